The number of imidazole rings is 1. The molecule has 0 saturated carbocycles. The normalized spacial score (nSPS) is 10.5. The van der Waals surface area contributed by atoms with Gasteiger partial charge in [0.15, 0.2) is 0 Å². The Morgan fingerprint density at radius 1 is 1.00 bits per heavy atom. The summed E-state index contributed by atoms with van der Waals surface area (Å²) in [5, 5.41) is 5.72. The number of nitrogens with zero attached hydrogens (tertiary/aromatic N) is 3. The van der Waals surface area contributed by atoms with Gasteiger partial charge in [-0.05, 0) is 50.1 Å². The fourth-order valence-corrected chi connectivity index (χ4v) is 3.67. The van der Waals surface area contributed by atoms with E-state index in [2.05, 4.69) is 15.6 Å². The maximum Gasteiger partial charge on any atom is 0.254 e. The van der Waals surface area contributed by atoms with E-state index < -0.39 is 0 Å². The Kier molecular flexibility index (Phi) is 7.61. The number of aromatic nitrogens is 2. The molecule has 0 fully saturated rings. The molecule has 0 bridgehead atoms. The van der Waals surface area contributed by atoms with Crippen LogP contribution in [0.2, 0.25) is 0 Å². The zero-order valence-corrected chi connectivity index (χ0v) is 19.4. The fraction of sp³-hybridized carbons (Fsp3) is 0.280. The molecular formula is C25H29N5O3. The van der Waals surface area contributed by atoms with Crippen LogP contribution in [0.1, 0.15) is 33.5 Å². The Balaban J connectivity index is 1.57. The van der Waals surface area contributed by atoms with Crippen molar-refractivity contribution in [1.29, 1.82) is 0 Å². The van der Waals surface area contributed by atoms with Gasteiger partial charge in [-0.25, -0.2) is 4.98 Å². The number of hydrogen-bond donors (Lipinski definition) is 2. The summed E-state index contributed by atoms with van der Waals surface area (Å²) >= 11 is 0. The highest BCUT2D eigenvalue weighted by atomic mass is 16.2. The van der Waals surface area contributed by atoms with Gasteiger partial charge in [0.1, 0.15) is 0 Å². The van der Waals surface area contributed by atoms with E-state index in [1.807, 2.05) is 37.5 Å². The molecule has 0 saturated heterocycles. The summed E-state index contributed by atoms with van der Waals surface area (Å²) in [6.07, 6.45) is 5.39. The summed E-state index contributed by atoms with van der Waals surface area (Å²) in [6, 6.07) is 10.7. The summed E-state index contributed by atoms with van der Waals surface area (Å²) in [6.45, 7) is 6.32. The summed E-state index contributed by atoms with van der Waals surface area (Å²) < 4.78 is 1.82. The minimum absolute atomic E-state index is 0.0902. The first-order chi connectivity index (χ1) is 15.7. The van der Waals surface area contributed by atoms with Crippen LogP contribution < -0.4 is 10.6 Å². The van der Waals surface area contributed by atoms with Crippen LogP contribution in [0, 0.1) is 20.8 Å². The highest BCUT2D eigenvalue weighted by molar-refractivity contribution is 6.01. The largest absolute Gasteiger partial charge is 0.337 e. The van der Waals surface area contributed by atoms with Crippen LogP contribution in [-0.2, 0) is 16.1 Å². The average Bonchev–Trinajstić information content (AvgIpc) is 3.28. The molecule has 3 aromatic rings. The smallest absolute Gasteiger partial charge is 0.254 e. The number of nitrogens with one attached hydrogen (secondary N) is 2. The lowest BCUT2D eigenvalue weighted by Gasteiger charge is -2.19. The predicted octanol–water partition coefficient (Wildman–Crippen LogP) is 3.55. The zero-order valence-electron chi connectivity index (χ0n) is 19.4. The van der Waals surface area contributed by atoms with Gasteiger partial charge in [-0.15, -0.1) is 0 Å². The van der Waals surface area contributed by atoms with Crippen LogP contribution in [0.3, 0.4) is 0 Å². The molecule has 0 radical (unpaired) electrons. The van der Waals surface area contributed by atoms with Crippen LogP contribution in [0.5, 0.6) is 0 Å². The van der Waals surface area contributed by atoms with E-state index in [9.17, 15) is 14.4 Å². The first-order valence-electron chi connectivity index (χ1n) is 10.7. The number of aryl methyl sites for hydroxylation is 4. The van der Waals surface area contributed by atoms with Crippen LogP contribution in [0.15, 0.2) is 55.1 Å². The minimum Gasteiger partial charge on any atom is -0.337 e. The first kappa shape index (κ1) is 23.7. The molecule has 3 rings (SSSR count). The lowest BCUT2D eigenvalue weighted by atomic mass is 10.1. The Labute approximate surface area is 193 Å². The number of amides is 3. The van der Waals surface area contributed by atoms with Gasteiger partial charge in [0.25, 0.3) is 5.91 Å². The van der Waals surface area contributed by atoms with Crippen molar-refractivity contribution >= 4 is 29.1 Å². The number of carbonyl (C=O) groups is 3. The molecule has 1 heterocycles. The molecule has 172 valence electrons. The summed E-state index contributed by atoms with van der Waals surface area (Å²) in [5.41, 5.74) is 4.77. The van der Waals surface area contributed by atoms with Gasteiger partial charge >= 0.3 is 0 Å². The number of hydrogen-bond acceptors (Lipinski definition) is 4. The highest BCUT2D eigenvalue weighted by Crippen LogP contribution is 2.22. The van der Waals surface area contributed by atoms with Crippen molar-refractivity contribution in [3.05, 3.63) is 77.4 Å². The maximum absolute atomic E-state index is 12.9. The topological polar surface area (TPSA) is 96.3 Å². The van der Waals surface area contributed by atoms with Gasteiger partial charge in [-0.3, -0.25) is 14.4 Å². The van der Waals surface area contributed by atoms with Crippen molar-refractivity contribution in [3.63, 3.8) is 0 Å². The van der Waals surface area contributed by atoms with Crippen molar-refractivity contribution in [2.24, 2.45) is 0 Å². The molecule has 0 atom stereocenters. The summed E-state index contributed by atoms with van der Waals surface area (Å²) in [5.74, 6) is -0.744. The highest BCUT2D eigenvalue weighted by Gasteiger charge is 2.17. The standard InChI is InChI=1S/C25H29N5O3/c1-17-12-18(2)24(19(3)13-17)28-23(32)15-29(4)25(33)20-6-5-7-21(14-20)27-22(31)8-10-30-11-9-26-16-30/h5-7,9,11-14,16H,8,10,15H2,1-4H3,(H,27,31)(H,28,32). The van der Waals surface area contributed by atoms with Crippen molar-refractivity contribution < 1.29 is 14.4 Å². The summed E-state index contributed by atoms with van der Waals surface area (Å²) in [7, 11) is 1.58. The third-order valence-corrected chi connectivity index (χ3v) is 5.22. The number of benzene rings is 2. The maximum atomic E-state index is 12.9. The molecule has 0 spiro atoms. The van der Waals surface area contributed by atoms with E-state index in [4.69, 9.17) is 0 Å². The molecule has 8 nitrogen and oxygen atoms in total. The Hall–Kier alpha value is -3.94. The molecule has 2 N–H and O–H groups in total. The van der Waals surface area contributed by atoms with E-state index in [0.29, 0.717) is 17.8 Å². The minimum atomic E-state index is -0.308. The second-order valence-electron chi connectivity index (χ2n) is 8.16. The van der Waals surface area contributed by atoms with Crippen molar-refractivity contribution in [2.45, 2.75) is 33.7 Å². The SMILES string of the molecule is Cc1cc(C)c(NC(=O)CN(C)C(=O)c2cccc(NC(=O)CCn3ccnc3)c2)c(C)c1. The van der Waals surface area contributed by atoms with E-state index in [1.165, 1.54) is 4.90 Å². The van der Waals surface area contributed by atoms with Crippen molar-refractivity contribution in [3.8, 4) is 0 Å². The second-order valence-corrected chi connectivity index (χ2v) is 8.16. The molecule has 0 aliphatic carbocycles. The van der Waals surface area contributed by atoms with Crippen LogP contribution in [-0.4, -0.2) is 45.8 Å². The lowest BCUT2D eigenvalue weighted by molar-refractivity contribution is -0.117. The van der Waals surface area contributed by atoms with Gasteiger partial charge in [0, 0.05) is 49.3 Å². The number of rotatable bonds is 8. The van der Waals surface area contributed by atoms with Crippen LogP contribution in [0.4, 0.5) is 11.4 Å². The van der Waals surface area contributed by atoms with Gasteiger partial charge < -0.3 is 20.1 Å². The average molecular weight is 448 g/mol. The Morgan fingerprint density at radius 2 is 1.73 bits per heavy atom. The third kappa shape index (κ3) is 6.52. The molecule has 8 heteroatoms. The van der Waals surface area contributed by atoms with E-state index >= 15 is 0 Å². The fourth-order valence-electron chi connectivity index (χ4n) is 3.67. The van der Waals surface area contributed by atoms with Gasteiger partial charge in [0.05, 0.1) is 12.9 Å². The van der Waals surface area contributed by atoms with Crippen molar-refractivity contribution in [2.75, 3.05) is 24.2 Å². The molecule has 2 aromatic carbocycles. The van der Waals surface area contributed by atoms with E-state index in [1.54, 1.807) is 50.0 Å². The molecule has 33 heavy (non-hydrogen) atoms. The van der Waals surface area contributed by atoms with Crippen LogP contribution >= 0.6 is 0 Å². The van der Waals surface area contributed by atoms with E-state index in [-0.39, 0.29) is 30.7 Å². The van der Waals surface area contributed by atoms with E-state index in [0.717, 1.165) is 22.4 Å². The Morgan fingerprint density at radius 3 is 2.39 bits per heavy atom. The molecule has 0 aliphatic heterocycles. The third-order valence-electron chi connectivity index (χ3n) is 5.22. The molecule has 3 amide bonds. The first-order valence-corrected chi connectivity index (χ1v) is 10.7. The molecule has 0 aliphatic rings. The molecule has 0 unspecified atom stereocenters. The van der Waals surface area contributed by atoms with Gasteiger partial charge in [-0.2, -0.15) is 0 Å². The zero-order chi connectivity index (χ0) is 24.0. The van der Waals surface area contributed by atoms with Crippen LogP contribution in [0.25, 0.3) is 0 Å². The van der Waals surface area contributed by atoms with Gasteiger partial charge in [0.2, 0.25) is 11.8 Å². The number of likely N-dealkylation sites (N-methyl/N-ethyl adjacent to an activating group) is 1. The number of anilines is 2. The monoisotopic (exact) mass is 447 g/mol. The molecule has 1 aromatic heterocycles. The molecular weight excluding hydrogens is 418 g/mol. The van der Waals surface area contributed by atoms with Crippen molar-refractivity contribution in [1.82, 2.24) is 14.5 Å². The second kappa shape index (κ2) is 10.6. The van der Waals surface area contributed by atoms with Gasteiger partial charge in [-0.1, -0.05) is 23.8 Å². The lowest BCUT2D eigenvalue weighted by Crippen LogP contribution is -2.35. The summed E-state index contributed by atoms with van der Waals surface area (Å²) in [4.78, 5) is 42.9. The quantitative estimate of drug-likeness (QED) is 0.552. The number of carbonyl (C=O) groups excluding carboxylic acids is 3. The Bertz CT molecular complexity index is 1130. The predicted molar refractivity (Wildman–Crippen MR) is 128 cm³/mol.